The molecule has 4 N–H and O–H groups in total. The SMILES string of the molecule is CC(CN)C(=O)NCCNC(=O)c1ccc(F)cc1.Cl. The molecule has 7 heteroatoms. The van der Waals surface area contributed by atoms with Gasteiger partial charge in [0.25, 0.3) is 5.91 Å². The van der Waals surface area contributed by atoms with Crippen LogP contribution in [0.2, 0.25) is 0 Å². The fourth-order valence-corrected chi connectivity index (χ4v) is 1.35. The van der Waals surface area contributed by atoms with Gasteiger partial charge >= 0.3 is 0 Å². The summed E-state index contributed by atoms with van der Waals surface area (Å²) in [5.74, 6) is -1.08. The molecular formula is C13H19ClFN3O2. The normalized spacial score (nSPS) is 11.2. The maximum absolute atomic E-state index is 12.7. The monoisotopic (exact) mass is 303 g/mol. The van der Waals surface area contributed by atoms with Gasteiger partial charge in [-0.05, 0) is 24.3 Å². The molecule has 112 valence electrons. The number of carbonyl (C=O) groups is 2. The lowest BCUT2D eigenvalue weighted by Gasteiger charge is -2.10. The molecule has 0 aromatic heterocycles. The lowest BCUT2D eigenvalue weighted by Crippen LogP contribution is -2.38. The van der Waals surface area contributed by atoms with Gasteiger partial charge in [-0.25, -0.2) is 4.39 Å². The third-order valence-corrected chi connectivity index (χ3v) is 2.62. The Kier molecular flexibility index (Phi) is 8.51. The van der Waals surface area contributed by atoms with Crippen molar-refractivity contribution in [3.05, 3.63) is 35.6 Å². The van der Waals surface area contributed by atoms with Gasteiger partial charge in [0.05, 0.1) is 0 Å². The van der Waals surface area contributed by atoms with Gasteiger partial charge in [0, 0.05) is 31.1 Å². The highest BCUT2D eigenvalue weighted by Crippen LogP contribution is 2.01. The third kappa shape index (κ3) is 5.99. The first-order valence-corrected chi connectivity index (χ1v) is 6.06. The number of nitrogens with two attached hydrogens (primary N) is 1. The first-order valence-electron chi connectivity index (χ1n) is 6.06. The van der Waals surface area contributed by atoms with Crippen LogP contribution in [0.25, 0.3) is 0 Å². The van der Waals surface area contributed by atoms with Crippen LogP contribution in [0, 0.1) is 11.7 Å². The number of nitrogens with one attached hydrogen (secondary N) is 2. The van der Waals surface area contributed by atoms with Crippen molar-refractivity contribution in [1.82, 2.24) is 10.6 Å². The molecule has 1 aromatic rings. The van der Waals surface area contributed by atoms with E-state index < -0.39 is 0 Å². The van der Waals surface area contributed by atoms with E-state index in [9.17, 15) is 14.0 Å². The summed E-state index contributed by atoms with van der Waals surface area (Å²) >= 11 is 0. The molecule has 0 bridgehead atoms. The van der Waals surface area contributed by atoms with Crippen LogP contribution in [0.5, 0.6) is 0 Å². The molecule has 0 saturated carbocycles. The van der Waals surface area contributed by atoms with Crippen LogP contribution in [-0.2, 0) is 4.79 Å². The highest BCUT2D eigenvalue weighted by atomic mass is 35.5. The van der Waals surface area contributed by atoms with Crippen LogP contribution in [0.15, 0.2) is 24.3 Å². The topological polar surface area (TPSA) is 84.2 Å². The smallest absolute Gasteiger partial charge is 0.251 e. The van der Waals surface area contributed by atoms with Crippen LogP contribution in [0.3, 0.4) is 0 Å². The quantitative estimate of drug-likeness (QED) is 0.676. The number of hydrogen-bond acceptors (Lipinski definition) is 3. The average molecular weight is 304 g/mol. The van der Waals surface area contributed by atoms with Crippen molar-refractivity contribution in [3.8, 4) is 0 Å². The van der Waals surface area contributed by atoms with Crippen molar-refractivity contribution in [3.63, 3.8) is 0 Å². The Balaban J connectivity index is 0.00000361. The highest BCUT2D eigenvalue weighted by molar-refractivity contribution is 5.94. The first-order chi connectivity index (χ1) is 9.04. The Morgan fingerprint density at radius 1 is 1.20 bits per heavy atom. The Bertz CT molecular complexity index is 440. The molecule has 0 aliphatic heterocycles. The molecule has 20 heavy (non-hydrogen) atoms. The van der Waals surface area contributed by atoms with Crippen molar-refractivity contribution in [1.29, 1.82) is 0 Å². The Morgan fingerprint density at radius 2 is 1.75 bits per heavy atom. The Morgan fingerprint density at radius 3 is 2.30 bits per heavy atom. The van der Waals surface area contributed by atoms with Crippen LogP contribution in [-0.4, -0.2) is 31.4 Å². The lowest BCUT2D eigenvalue weighted by molar-refractivity contribution is -0.124. The number of benzene rings is 1. The van der Waals surface area contributed by atoms with Crippen LogP contribution in [0.1, 0.15) is 17.3 Å². The van der Waals surface area contributed by atoms with Gasteiger partial charge < -0.3 is 16.4 Å². The largest absolute Gasteiger partial charge is 0.354 e. The standard InChI is InChI=1S/C13H18FN3O2.ClH/c1-9(8-15)12(18)16-6-7-17-13(19)10-2-4-11(14)5-3-10;/h2-5,9H,6-8,15H2,1H3,(H,16,18)(H,17,19);1H. The number of hydrogen-bond donors (Lipinski definition) is 3. The zero-order valence-corrected chi connectivity index (χ0v) is 12.0. The highest BCUT2D eigenvalue weighted by Gasteiger charge is 2.10. The van der Waals surface area contributed by atoms with Crippen molar-refractivity contribution in [2.75, 3.05) is 19.6 Å². The molecule has 2 amide bonds. The maximum atomic E-state index is 12.7. The summed E-state index contributed by atoms with van der Waals surface area (Å²) in [7, 11) is 0. The molecule has 5 nitrogen and oxygen atoms in total. The number of rotatable bonds is 6. The molecule has 0 saturated heterocycles. The minimum absolute atomic E-state index is 0. The van der Waals surface area contributed by atoms with Gasteiger partial charge in [-0.1, -0.05) is 6.92 Å². The second kappa shape index (κ2) is 9.28. The van der Waals surface area contributed by atoms with E-state index in [4.69, 9.17) is 5.73 Å². The molecule has 0 spiro atoms. The van der Waals surface area contributed by atoms with E-state index in [1.54, 1.807) is 6.92 Å². The number of halogens is 2. The van der Waals surface area contributed by atoms with Gasteiger partial charge in [-0.2, -0.15) is 0 Å². The fraction of sp³-hybridized carbons (Fsp3) is 0.385. The van der Waals surface area contributed by atoms with Crippen molar-refractivity contribution in [2.45, 2.75) is 6.92 Å². The van der Waals surface area contributed by atoms with Gasteiger partial charge in [0.1, 0.15) is 5.82 Å². The first kappa shape index (κ1) is 18.3. The summed E-state index contributed by atoms with van der Waals surface area (Å²) in [5, 5.41) is 5.28. The van der Waals surface area contributed by atoms with Crippen molar-refractivity contribution >= 4 is 24.2 Å². The molecule has 0 radical (unpaired) electrons. The van der Waals surface area contributed by atoms with Gasteiger partial charge in [0.15, 0.2) is 0 Å². The zero-order valence-electron chi connectivity index (χ0n) is 11.2. The van der Waals surface area contributed by atoms with Crippen molar-refractivity contribution in [2.24, 2.45) is 11.7 Å². The van der Waals surface area contributed by atoms with E-state index in [-0.39, 0.29) is 42.5 Å². The summed E-state index contributed by atoms with van der Waals surface area (Å²) in [6.07, 6.45) is 0. The molecule has 1 atom stereocenters. The lowest BCUT2D eigenvalue weighted by atomic mass is 10.2. The summed E-state index contributed by atoms with van der Waals surface area (Å²) in [6.45, 7) is 2.65. The van der Waals surface area contributed by atoms with Gasteiger partial charge in [0.2, 0.25) is 5.91 Å². The second-order valence-corrected chi connectivity index (χ2v) is 4.19. The van der Waals surface area contributed by atoms with Crippen molar-refractivity contribution < 1.29 is 14.0 Å². The number of amides is 2. The predicted octanol–water partition coefficient (Wildman–Crippen LogP) is 0.688. The van der Waals surface area contributed by atoms with E-state index in [0.717, 1.165) is 0 Å². The second-order valence-electron chi connectivity index (χ2n) is 4.19. The predicted molar refractivity (Wildman–Crippen MR) is 77.2 cm³/mol. The summed E-state index contributed by atoms with van der Waals surface area (Å²) < 4.78 is 12.7. The molecule has 1 aromatic carbocycles. The maximum Gasteiger partial charge on any atom is 0.251 e. The third-order valence-electron chi connectivity index (χ3n) is 2.62. The molecule has 0 aliphatic carbocycles. The summed E-state index contributed by atoms with van der Waals surface area (Å²) in [4.78, 5) is 23.0. The Hall–Kier alpha value is -1.66. The van der Waals surface area contributed by atoms with Crippen LogP contribution in [0.4, 0.5) is 4.39 Å². The molecule has 1 unspecified atom stereocenters. The molecule has 1 rings (SSSR count). The molecule has 0 aliphatic rings. The van der Waals surface area contributed by atoms with Crippen LogP contribution < -0.4 is 16.4 Å². The van der Waals surface area contributed by atoms with Crippen LogP contribution >= 0.6 is 12.4 Å². The zero-order chi connectivity index (χ0) is 14.3. The molecule has 0 heterocycles. The van der Waals surface area contributed by atoms with E-state index in [0.29, 0.717) is 18.7 Å². The summed E-state index contributed by atoms with van der Waals surface area (Å²) in [6, 6.07) is 5.25. The average Bonchev–Trinajstić information content (AvgIpc) is 2.42. The fourth-order valence-electron chi connectivity index (χ4n) is 1.35. The van der Waals surface area contributed by atoms with Gasteiger partial charge in [-0.15, -0.1) is 12.4 Å². The summed E-state index contributed by atoms with van der Waals surface area (Å²) in [5.41, 5.74) is 5.73. The number of carbonyl (C=O) groups excluding carboxylic acids is 2. The minimum atomic E-state index is -0.389. The minimum Gasteiger partial charge on any atom is -0.354 e. The molecule has 0 fully saturated rings. The van der Waals surface area contributed by atoms with Gasteiger partial charge in [-0.3, -0.25) is 9.59 Å². The van der Waals surface area contributed by atoms with E-state index in [2.05, 4.69) is 10.6 Å². The van der Waals surface area contributed by atoms with E-state index in [1.165, 1.54) is 24.3 Å². The molecular weight excluding hydrogens is 285 g/mol. The van der Waals surface area contributed by atoms with E-state index in [1.807, 2.05) is 0 Å². The Labute approximate surface area is 123 Å². The van der Waals surface area contributed by atoms with E-state index >= 15 is 0 Å².